The monoisotopic (exact) mass is 525 g/mol. The molecule has 1 fully saturated rings. The second kappa shape index (κ2) is 8.88. The van der Waals surface area contributed by atoms with Gasteiger partial charge in [-0.05, 0) is 31.5 Å². The van der Waals surface area contributed by atoms with Gasteiger partial charge in [0.15, 0.2) is 5.82 Å². The van der Waals surface area contributed by atoms with E-state index in [2.05, 4.69) is 30.4 Å². The lowest BCUT2D eigenvalue weighted by Gasteiger charge is -2.42. The molecule has 0 unspecified atom stereocenters. The summed E-state index contributed by atoms with van der Waals surface area (Å²) in [6.07, 6.45) is 3.57. The molecule has 2 aliphatic heterocycles. The predicted molar refractivity (Wildman–Crippen MR) is 127 cm³/mol. The number of aliphatic imine (C=N–C) groups is 1. The molecule has 3 aromatic rings. The first-order chi connectivity index (χ1) is 18.0. The molecule has 0 aliphatic carbocycles. The zero-order valence-electron chi connectivity index (χ0n) is 20.3. The van der Waals surface area contributed by atoms with Gasteiger partial charge in [-0.3, -0.25) is 9.79 Å². The number of fused-ring (bicyclic) bond motifs is 1. The summed E-state index contributed by atoms with van der Waals surface area (Å²) in [5.74, 6) is -5.49. The molecule has 0 saturated carbocycles. The molecular weight excluding hydrogens is 503 g/mol. The Kier molecular flexibility index (Phi) is 5.90. The summed E-state index contributed by atoms with van der Waals surface area (Å²) < 4.78 is 51.2. The molecule has 5 rings (SSSR count). The highest BCUT2D eigenvalue weighted by Crippen LogP contribution is 2.55. The zero-order valence-corrected chi connectivity index (χ0v) is 20.3. The van der Waals surface area contributed by atoms with Gasteiger partial charge in [-0.1, -0.05) is 0 Å². The SMILES string of the molecule is CC(F)(F)[C@H]1OC[C@]2(c3cc(NC(=O)c4cnc(-n5cncn5)cn4)ccc3F)N=C(N)[C@](C)(C#N)C[C@H]12. The summed E-state index contributed by atoms with van der Waals surface area (Å²) in [6, 6.07) is 5.76. The molecule has 11 nitrogen and oxygen atoms in total. The van der Waals surface area contributed by atoms with Gasteiger partial charge in [-0.25, -0.2) is 32.8 Å². The Bertz CT molecular complexity index is 1450. The lowest BCUT2D eigenvalue weighted by molar-refractivity contribution is -0.118. The number of aromatic nitrogens is 5. The number of nitrogens with zero attached hydrogens (tertiary/aromatic N) is 7. The Labute approximate surface area is 214 Å². The van der Waals surface area contributed by atoms with E-state index in [1.165, 1.54) is 48.8 Å². The topological polar surface area (TPSA) is 157 Å². The third-order valence-corrected chi connectivity index (χ3v) is 6.94. The number of ether oxygens (including phenoxy) is 1. The van der Waals surface area contributed by atoms with Crippen molar-refractivity contribution in [2.45, 2.75) is 37.8 Å². The molecule has 0 bridgehead atoms. The van der Waals surface area contributed by atoms with Crippen LogP contribution in [0.3, 0.4) is 0 Å². The van der Waals surface area contributed by atoms with Gasteiger partial charge in [0.2, 0.25) is 0 Å². The molecule has 2 aliphatic rings. The van der Waals surface area contributed by atoms with Crippen molar-refractivity contribution in [3.8, 4) is 11.9 Å². The predicted octanol–water partition coefficient (Wildman–Crippen LogP) is 2.60. The summed E-state index contributed by atoms with van der Waals surface area (Å²) in [4.78, 5) is 29.3. The quantitative estimate of drug-likeness (QED) is 0.515. The number of amidine groups is 1. The van der Waals surface area contributed by atoms with Gasteiger partial charge in [0.05, 0.1) is 25.1 Å². The summed E-state index contributed by atoms with van der Waals surface area (Å²) in [5.41, 5.74) is 3.22. The maximum absolute atomic E-state index is 15.3. The van der Waals surface area contributed by atoms with E-state index in [4.69, 9.17) is 10.5 Å². The van der Waals surface area contributed by atoms with Crippen molar-refractivity contribution in [1.82, 2.24) is 24.7 Å². The van der Waals surface area contributed by atoms with Gasteiger partial charge in [0.1, 0.15) is 47.1 Å². The van der Waals surface area contributed by atoms with Crippen LogP contribution in [0.25, 0.3) is 5.82 Å². The number of alkyl halides is 2. The van der Waals surface area contributed by atoms with Crippen LogP contribution in [0, 0.1) is 28.5 Å². The fraction of sp³-hybridized carbons (Fsp3) is 0.375. The van der Waals surface area contributed by atoms with E-state index in [9.17, 15) is 18.8 Å². The number of amides is 1. The van der Waals surface area contributed by atoms with Crippen LogP contribution in [0.1, 0.15) is 36.3 Å². The van der Waals surface area contributed by atoms with Crippen molar-refractivity contribution in [2.75, 3.05) is 11.9 Å². The molecule has 1 saturated heterocycles. The molecule has 2 aromatic heterocycles. The summed E-state index contributed by atoms with van der Waals surface area (Å²) >= 11 is 0. The van der Waals surface area contributed by atoms with Crippen LogP contribution < -0.4 is 11.1 Å². The number of nitrogens with one attached hydrogen (secondary N) is 1. The Balaban J connectivity index is 1.49. The molecule has 4 heterocycles. The van der Waals surface area contributed by atoms with E-state index < -0.39 is 40.6 Å². The highest BCUT2D eigenvalue weighted by molar-refractivity contribution is 6.02. The number of rotatable bonds is 5. The van der Waals surface area contributed by atoms with Crippen LogP contribution >= 0.6 is 0 Å². The third kappa shape index (κ3) is 4.14. The maximum atomic E-state index is 15.3. The Morgan fingerprint density at radius 3 is 2.76 bits per heavy atom. The summed E-state index contributed by atoms with van der Waals surface area (Å²) in [5, 5.41) is 16.2. The van der Waals surface area contributed by atoms with Crippen LogP contribution in [-0.2, 0) is 10.3 Å². The first-order valence-electron chi connectivity index (χ1n) is 11.5. The fourth-order valence-electron chi connectivity index (χ4n) is 4.92. The number of hydrogen-bond acceptors (Lipinski definition) is 9. The molecule has 0 spiro atoms. The highest BCUT2D eigenvalue weighted by atomic mass is 19.3. The van der Waals surface area contributed by atoms with Gasteiger partial charge >= 0.3 is 0 Å². The summed E-state index contributed by atoms with van der Waals surface area (Å²) in [6.45, 7) is 1.83. The summed E-state index contributed by atoms with van der Waals surface area (Å²) in [7, 11) is 0. The number of carbonyl (C=O) groups excluding carboxylic acids is 1. The second-order valence-corrected chi connectivity index (χ2v) is 9.61. The van der Waals surface area contributed by atoms with Gasteiger partial charge in [-0.15, -0.1) is 0 Å². The van der Waals surface area contributed by atoms with E-state index in [1.807, 2.05) is 6.07 Å². The van der Waals surface area contributed by atoms with Crippen molar-refractivity contribution in [2.24, 2.45) is 22.1 Å². The minimum Gasteiger partial charge on any atom is -0.386 e. The van der Waals surface area contributed by atoms with Crippen LogP contribution in [0.5, 0.6) is 0 Å². The minimum absolute atomic E-state index is 0.0320. The first-order valence-corrected chi connectivity index (χ1v) is 11.5. The van der Waals surface area contributed by atoms with Gasteiger partial charge < -0.3 is 15.8 Å². The van der Waals surface area contributed by atoms with Crippen LogP contribution in [0.15, 0.2) is 48.2 Å². The molecule has 4 atom stereocenters. The molecule has 1 amide bonds. The third-order valence-electron chi connectivity index (χ3n) is 6.94. The molecule has 38 heavy (non-hydrogen) atoms. The van der Waals surface area contributed by atoms with Gasteiger partial charge in [-0.2, -0.15) is 10.4 Å². The number of carbonyl (C=O) groups is 1. The van der Waals surface area contributed by atoms with Crippen molar-refractivity contribution < 1.29 is 22.7 Å². The number of nitrogens with two attached hydrogens (primary N) is 1. The standard InChI is InChI=1S/C24H22F3N9O2/c1-22(9-28)6-15-19(23(2,26)27)38-10-24(15,35-21(22)29)14-5-13(3-4-16(14)25)34-20(37)17-7-32-18(8-31-17)36-12-30-11-33-36/h3-5,7-8,11-12,15,19H,6,10H2,1-2H3,(H2,29,35)(H,34,37)/t15-,19+,22+,24-/m1/s1. The van der Waals surface area contributed by atoms with Crippen LogP contribution in [0.4, 0.5) is 18.9 Å². The number of nitriles is 1. The van der Waals surface area contributed by atoms with E-state index in [0.717, 1.165) is 6.07 Å². The number of anilines is 1. The van der Waals surface area contributed by atoms with E-state index in [-0.39, 0.29) is 35.8 Å². The molecule has 14 heteroatoms. The molecule has 0 radical (unpaired) electrons. The number of benzene rings is 1. The van der Waals surface area contributed by atoms with E-state index in [0.29, 0.717) is 12.7 Å². The van der Waals surface area contributed by atoms with Crippen molar-refractivity contribution in [1.29, 1.82) is 5.26 Å². The second-order valence-electron chi connectivity index (χ2n) is 9.61. The average Bonchev–Trinajstić information content (AvgIpc) is 3.54. The average molecular weight is 525 g/mol. The molecule has 3 N–H and O–H groups in total. The van der Waals surface area contributed by atoms with Gasteiger partial charge in [0, 0.05) is 24.1 Å². The fourth-order valence-corrected chi connectivity index (χ4v) is 4.92. The van der Waals surface area contributed by atoms with Crippen LogP contribution in [0.2, 0.25) is 0 Å². The molecular formula is C24H22F3N9O2. The number of halogens is 3. The van der Waals surface area contributed by atoms with Crippen LogP contribution in [-0.4, -0.2) is 55.1 Å². The number of hydrogen-bond donors (Lipinski definition) is 2. The van der Waals surface area contributed by atoms with Crippen molar-refractivity contribution in [3.05, 3.63) is 60.3 Å². The lowest BCUT2D eigenvalue weighted by atomic mass is 9.66. The smallest absolute Gasteiger partial charge is 0.275 e. The van der Waals surface area contributed by atoms with E-state index >= 15 is 4.39 Å². The van der Waals surface area contributed by atoms with E-state index in [1.54, 1.807) is 0 Å². The zero-order chi connectivity index (χ0) is 27.3. The highest BCUT2D eigenvalue weighted by Gasteiger charge is 2.62. The first kappa shape index (κ1) is 25.3. The Morgan fingerprint density at radius 1 is 1.34 bits per heavy atom. The minimum atomic E-state index is -3.29. The Morgan fingerprint density at radius 2 is 2.13 bits per heavy atom. The van der Waals surface area contributed by atoms with Crippen molar-refractivity contribution >= 4 is 17.4 Å². The maximum Gasteiger partial charge on any atom is 0.275 e. The van der Waals surface area contributed by atoms with Crippen molar-refractivity contribution in [3.63, 3.8) is 0 Å². The van der Waals surface area contributed by atoms with Gasteiger partial charge in [0.25, 0.3) is 11.8 Å². The largest absolute Gasteiger partial charge is 0.386 e. The molecule has 196 valence electrons. The normalized spacial score (nSPS) is 26.8. The molecule has 1 aromatic carbocycles. The Hall–Kier alpha value is -4.38. The lowest BCUT2D eigenvalue weighted by Crippen LogP contribution is -2.52.